The van der Waals surface area contributed by atoms with Gasteiger partial charge >= 0.3 is 13.2 Å². The molecule has 94 valence electrons. The molecule has 2 rings (SSSR count). The zero-order valence-electron chi connectivity index (χ0n) is 8.57. The maximum absolute atomic E-state index is 12.6. The second kappa shape index (κ2) is 3.68. The Hall–Kier alpha value is -1.14. The third kappa shape index (κ3) is 2.58. The first-order valence-corrected chi connectivity index (χ1v) is 5.10. The molecule has 0 nitrogen and oxygen atoms in total. The molecule has 0 unspecified atom stereocenters. The molecule has 7 heteroatoms. The highest BCUT2D eigenvalue weighted by molar-refractivity contribution is 6.74. The van der Waals surface area contributed by atoms with E-state index in [0.717, 1.165) is 0 Å². The quantitative estimate of drug-likeness (QED) is 0.557. The summed E-state index contributed by atoms with van der Waals surface area (Å²) < 4.78 is 75.1. The van der Waals surface area contributed by atoms with E-state index in [2.05, 4.69) is 0 Å². The summed E-state index contributed by atoms with van der Waals surface area (Å²) in [5, 5.41) is 0. The molecule has 0 aromatic heterocycles. The average molecular weight is 253 g/mol. The highest BCUT2D eigenvalue weighted by Gasteiger charge is 2.37. The third-order valence-electron chi connectivity index (χ3n) is 2.78. The Labute approximate surface area is 93.7 Å². The fourth-order valence-electron chi connectivity index (χ4n) is 1.80. The Balaban J connectivity index is 2.49. The summed E-state index contributed by atoms with van der Waals surface area (Å²) in [6.45, 7) is -5.25. The Kier molecular flexibility index (Phi) is 2.67. The maximum atomic E-state index is 12.6. The van der Waals surface area contributed by atoms with E-state index in [0.29, 0.717) is 31.0 Å². The predicted molar refractivity (Wildman–Crippen MR) is 52.1 cm³/mol. The van der Waals surface area contributed by atoms with E-state index in [1.165, 1.54) is 0 Å². The maximum Gasteiger partial charge on any atom is 0.509 e. The van der Waals surface area contributed by atoms with Crippen LogP contribution in [0.2, 0.25) is 0 Å². The van der Waals surface area contributed by atoms with Gasteiger partial charge in [0, 0.05) is 0 Å². The second-order valence-corrected chi connectivity index (χ2v) is 4.19. The summed E-state index contributed by atoms with van der Waals surface area (Å²) in [6, 6.07) is 1.69. The highest BCUT2D eigenvalue weighted by atomic mass is 19.4. The van der Waals surface area contributed by atoms with Gasteiger partial charge in [0.15, 0.2) is 0 Å². The van der Waals surface area contributed by atoms with E-state index < -0.39 is 24.2 Å². The van der Waals surface area contributed by atoms with Gasteiger partial charge in [-0.3, -0.25) is 0 Å². The molecule has 0 bridgehead atoms. The summed E-state index contributed by atoms with van der Waals surface area (Å²) >= 11 is 0. The molecule has 0 radical (unpaired) electrons. The van der Waals surface area contributed by atoms with Crippen molar-refractivity contribution in [3.63, 3.8) is 0 Å². The van der Waals surface area contributed by atoms with Crippen molar-refractivity contribution in [2.75, 3.05) is 0 Å². The fourth-order valence-corrected chi connectivity index (χ4v) is 1.80. The second-order valence-electron chi connectivity index (χ2n) is 4.19. The zero-order valence-corrected chi connectivity index (χ0v) is 8.57. The fraction of sp³-hybridized carbons (Fsp3) is 0.400. The van der Waals surface area contributed by atoms with Crippen LogP contribution >= 0.6 is 0 Å². The van der Waals surface area contributed by atoms with E-state index in [1.54, 1.807) is 0 Å². The first-order chi connectivity index (χ1) is 7.69. The van der Waals surface area contributed by atoms with Crippen molar-refractivity contribution in [3.8, 4) is 0 Å². The van der Waals surface area contributed by atoms with Gasteiger partial charge in [0.05, 0.1) is 5.56 Å². The molecule has 0 saturated heterocycles. The van der Waals surface area contributed by atoms with Crippen LogP contribution in [0.3, 0.4) is 0 Å². The molecule has 0 spiro atoms. The smallest absolute Gasteiger partial charge is 0.445 e. The van der Waals surface area contributed by atoms with Crippen molar-refractivity contribution in [2.24, 2.45) is 0 Å². The molecule has 1 aromatic rings. The summed E-state index contributed by atoms with van der Waals surface area (Å²) in [5.41, 5.74) is -2.10. The van der Waals surface area contributed by atoms with Crippen LogP contribution in [0.4, 0.5) is 26.1 Å². The van der Waals surface area contributed by atoms with Crippen LogP contribution in [0.5, 0.6) is 0 Å². The van der Waals surface area contributed by atoms with E-state index in [4.69, 9.17) is 0 Å². The molecule has 0 amide bonds. The molecule has 1 aliphatic rings. The van der Waals surface area contributed by atoms with Gasteiger partial charge in [-0.25, -0.2) is 0 Å². The Morgan fingerprint density at radius 3 is 2.06 bits per heavy atom. The van der Waals surface area contributed by atoms with Gasteiger partial charge < -0.3 is 12.9 Å². The lowest BCUT2D eigenvalue weighted by Gasteiger charge is -2.21. The van der Waals surface area contributed by atoms with E-state index >= 15 is 0 Å². The van der Waals surface area contributed by atoms with Crippen molar-refractivity contribution >= 4 is 12.4 Å². The third-order valence-corrected chi connectivity index (χ3v) is 2.78. The van der Waals surface area contributed by atoms with Crippen LogP contribution in [0.25, 0.3) is 0 Å². The molecule has 0 aliphatic heterocycles. The van der Waals surface area contributed by atoms with Crippen molar-refractivity contribution in [3.05, 3.63) is 29.3 Å². The lowest BCUT2D eigenvalue weighted by Crippen LogP contribution is -2.37. The van der Waals surface area contributed by atoms with Crippen molar-refractivity contribution in [2.45, 2.75) is 24.9 Å². The molecule has 17 heavy (non-hydrogen) atoms. The topological polar surface area (TPSA) is 0 Å². The SMILES string of the molecule is F[B-](F)(F)c1ccc(C(F)(F)F)cc1C1CC1. The number of hydrogen-bond acceptors (Lipinski definition) is 0. The minimum atomic E-state index is -5.25. The van der Waals surface area contributed by atoms with Gasteiger partial charge in [-0.05, 0) is 24.8 Å². The molecular weight excluding hydrogens is 245 g/mol. The van der Waals surface area contributed by atoms with Gasteiger partial charge in [-0.1, -0.05) is 17.7 Å². The first-order valence-electron chi connectivity index (χ1n) is 5.10. The van der Waals surface area contributed by atoms with E-state index in [9.17, 15) is 26.1 Å². The van der Waals surface area contributed by atoms with Gasteiger partial charge in [0.2, 0.25) is 0 Å². The minimum Gasteiger partial charge on any atom is -0.445 e. The van der Waals surface area contributed by atoms with Crippen molar-refractivity contribution < 1.29 is 26.1 Å². The van der Waals surface area contributed by atoms with Crippen LogP contribution in [-0.4, -0.2) is 6.98 Å². The first kappa shape index (κ1) is 12.3. The standard InChI is InChI=1S/C10H8BF6/c12-10(13,14)7-3-4-9(11(15,16)17)8(5-7)6-1-2-6/h3-6H,1-2H2/q-1. The normalized spacial score (nSPS) is 17.3. The predicted octanol–water partition coefficient (Wildman–Crippen LogP) is 3.64. The average Bonchev–Trinajstić information content (AvgIpc) is 2.97. The monoisotopic (exact) mass is 253 g/mol. The molecule has 0 N–H and O–H groups in total. The van der Waals surface area contributed by atoms with Crippen molar-refractivity contribution in [1.82, 2.24) is 0 Å². The summed E-state index contributed by atoms with van der Waals surface area (Å²) in [4.78, 5) is 0. The van der Waals surface area contributed by atoms with Crippen molar-refractivity contribution in [1.29, 1.82) is 0 Å². The molecule has 1 aliphatic carbocycles. The summed E-state index contributed by atoms with van der Waals surface area (Å²) in [7, 11) is 0. The number of hydrogen-bond donors (Lipinski definition) is 0. The molecule has 1 saturated carbocycles. The Morgan fingerprint density at radius 2 is 1.65 bits per heavy atom. The Bertz CT molecular complexity index is 429. The summed E-state index contributed by atoms with van der Waals surface area (Å²) in [5.74, 6) is -0.365. The van der Waals surface area contributed by atoms with Crippen LogP contribution in [0.15, 0.2) is 18.2 Å². The molecule has 0 atom stereocenters. The van der Waals surface area contributed by atoms with Crippen LogP contribution in [-0.2, 0) is 6.18 Å². The van der Waals surface area contributed by atoms with E-state index in [-0.39, 0.29) is 11.5 Å². The van der Waals surface area contributed by atoms with Gasteiger partial charge in [0.1, 0.15) is 0 Å². The van der Waals surface area contributed by atoms with Gasteiger partial charge in [0.25, 0.3) is 0 Å². The number of alkyl halides is 3. The largest absolute Gasteiger partial charge is 0.509 e. The molecule has 1 fully saturated rings. The van der Waals surface area contributed by atoms with Crippen LogP contribution in [0.1, 0.15) is 29.9 Å². The minimum absolute atomic E-state index is 0.202. The number of rotatable bonds is 2. The van der Waals surface area contributed by atoms with Gasteiger partial charge in [-0.2, -0.15) is 13.2 Å². The molecular formula is C10H8BF6-. The van der Waals surface area contributed by atoms with Crippen LogP contribution in [0, 0.1) is 0 Å². The lowest BCUT2D eigenvalue weighted by atomic mass is 9.75. The lowest BCUT2D eigenvalue weighted by molar-refractivity contribution is -0.137. The van der Waals surface area contributed by atoms with Gasteiger partial charge in [-0.15, -0.1) is 5.46 Å². The Morgan fingerprint density at radius 1 is 1.06 bits per heavy atom. The van der Waals surface area contributed by atoms with Crippen LogP contribution < -0.4 is 5.46 Å². The molecule has 1 aromatic carbocycles. The number of benzene rings is 1. The molecule has 0 heterocycles. The zero-order chi connectivity index (χ0) is 12.8. The highest BCUT2D eigenvalue weighted by Crippen LogP contribution is 2.42. The summed E-state index contributed by atoms with van der Waals surface area (Å²) in [6.07, 6.45) is -3.54. The number of halogens is 6. The van der Waals surface area contributed by atoms with E-state index in [1.807, 2.05) is 0 Å².